The summed E-state index contributed by atoms with van der Waals surface area (Å²) in [5.74, 6) is 0. The van der Waals surface area contributed by atoms with Crippen LogP contribution in [0.4, 0.5) is 11.4 Å². The summed E-state index contributed by atoms with van der Waals surface area (Å²) in [6.07, 6.45) is 0. The Labute approximate surface area is 86.3 Å². The zero-order chi connectivity index (χ0) is 10.1. The van der Waals surface area contributed by atoms with Crippen LogP contribution in [0.3, 0.4) is 0 Å². The largest absolute Gasteiger partial charge is 0.395 e. The fourth-order valence-electron chi connectivity index (χ4n) is 1.29. The van der Waals surface area contributed by atoms with Gasteiger partial charge in [-0.15, -0.1) is 11.3 Å². The van der Waals surface area contributed by atoms with E-state index in [9.17, 15) is 0 Å². The van der Waals surface area contributed by atoms with E-state index >= 15 is 0 Å². The fraction of sp³-hybridized carbons (Fsp3) is 0.222. The van der Waals surface area contributed by atoms with Crippen molar-refractivity contribution in [2.75, 3.05) is 25.3 Å². The molecule has 1 aromatic heterocycles. The molecule has 0 radical (unpaired) electrons. The van der Waals surface area contributed by atoms with Crippen molar-refractivity contribution in [1.82, 2.24) is 9.99 Å². The zero-order valence-electron chi connectivity index (χ0n) is 8.11. The molecule has 0 aliphatic rings. The van der Waals surface area contributed by atoms with E-state index in [1.165, 1.54) is 0 Å². The maximum absolute atomic E-state index is 5.97. The number of aromatic nitrogens is 1. The van der Waals surface area contributed by atoms with Gasteiger partial charge >= 0.3 is 0 Å². The van der Waals surface area contributed by atoms with Gasteiger partial charge in [-0.25, -0.2) is 9.99 Å². The summed E-state index contributed by atoms with van der Waals surface area (Å²) in [6.45, 7) is 0. The lowest BCUT2D eigenvalue weighted by atomic mass is 10.2. The van der Waals surface area contributed by atoms with Crippen LogP contribution >= 0.6 is 11.3 Å². The number of nitrogens with two attached hydrogens (primary N) is 1. The molecule has 74 valence electrons. The normalized spacial score (nSPS) is 11.1. The summed E-state index contributed by atoms with van der Waals surface area (Å²) >= 11 is 1.60. The predicted molar refractivity (Wildman–Crippen MR) is 61.3 cm³/mol. The first kappa shape index (κ1) is 9.23. The number of nitrogens with zero attached hydrogens (tertiary/aromatic N) is 2. The van der Waals surface area contributed by atoms with Crippen LogP contribution in [0, 0.1) is 0 Å². The smallest absolute Gasteiger partial charge is 0.106 e. The number of hydrogen-bond acceptors (Lipinski definition) is 5. The number of rotatable bonds is 2. The van der Waals surface area contributed by atoms with Gasteiger partial charge < -0.3 is 11.2 Å². The van der Waals surface area contributed by atoms with Crippen molar-refractivity contribution < 1.29 is 0 Å². The Kier molecular flexibility index (Phi) is 2.26. The van der Waals surface area contributed by atoms with Crippen molar-refractivity contribution in [3.05, 3.63) is 17.6 Å². The first-order valence-electron chi connectivity index (χ1n) is 4.24. The number of benzene rings is 1. The van der Waals surface area contributed by atoms with Gasteiger partial charge in [-0.1, -0.05) is 0 Å². The van der Waals surface area contributed by atoms with E-state index in [4.69, 9.17) is 5.73 Å². The van der Waals surface area contributed by atoms with E-state index in [1.54, 1.807) is 16.8 Å². The molecule has 0 spiro atoms. The van der Waals surface area contributed by atoms with Crippen molar-refractivity contribution in [2.45, 2.75) is 0 Å². The second-order valence-corrected chi connectivity index (χ2v) is 4.12. The first-order valence-corrected chi connectivity index (χ1v) is 5.12. The number of fused-ring (bicyclic) bond motifs is 1. The molecule has 3 N–H and O–H groups in total. The first-order chi connectivity index (χ1) is 6.68. The molecule has 1 heterocycles. The number of thiazole rings is 1. The van der Waals surface area contributed by atoms with Gasteiger partial charge in [-0.2, -0.15) is 0 Å². The topological polar surface area (TPSA) is 54.2 Å². The average molecular weight is 208 g/mol. The molecule has 0 atom stereocenters. The number of anilines is 2. The second kappa shape index (κ2) is 3.43. The Morgan fingerprint density at radius 1 is 1.43 bits per heavy atom. The monoisotopic (exact) mass is 208 g/mol. The van der Waals surface area contributed by atoms with Gasteiger partial charge in [-0.3, -0.25) is 0 Å². The molecule has 0 saturated carbocycles. The molecule has 4 nitrogen and oxygen atoms in total. The molecule has 2 aromatic rings. The lowest BCUT2D eigenvalue weighted by Crippen LogP contribution is -2.20. The van der Waals surface area contributed by atoms with Crippen LogP contribution < -0.4 is 11.2 Å². The molecule has 0 unspecified atom stereocenters. The molecule has 0 amide bonds. The molecule has 0 aliphatic carbocycles. The highest BCUT2D eigenvalue weighted by Gasteiger charge is 2.06. The highest BCUT2D eigenvalue weighted by atomic mass is 32.1. The highest BCUT2D eigenvalue weighted by Crippen LogP contribution is 2.29. The summed E-state index contributed by atoms with van der Waals surface area (Å²) < 4.78 is 1.12. The van der Waals surface area contributed by atoms with Crippen LogP contribution in [0.2, 0.25) is 0 Å². The van der Waals surface area contributed by atoms with E-state index in [-0.39, 0.29) is 0 Å². The minimum absolute atomic E-state index is 0.706. The maximum atomic E-state index is 5.97. The van der Waals surface area contributed by atoms with Crippen molar-refractivity contribution in [3.8, 4) is 0 Å². The molecule has 0 aliphatic heterocycles. The standard InChI is InChI=1S/C9H12N4S/c1-13(2)12-6-3-4-7-9(8(6)10)11-5-14-7/h3-5,12H,10H2,1-2H3. The third kappa shape index (κ3) is 1.51. The van der Waals surface area contributed by atoms with Gasteiger partial charge in [0.15, 0.2) is 0 Å². The Morgan fingerprint density at radius 2 is 2.21 bits per heavy atom. The SMILES string of the molecule is CN(C)Nc1ccc2scnc2c1N. The molecule has 14 heavy (non-hydrogen) atoms. The Hall–Kier alpha value is -1.33. The molecular formula is C9H12N4S. The quantitative estimate of drug-likeness (QED) is 0.583. The van der Waals surface area contributed by atoms with E-state index in [1.807, 2.05) is 31.2 Å². The summed E-state index contributed by atoms with van der Waals surface area (Å²) in [7, 11) is 3.84. The number of hydrogen-bond donors (Lipinski definition) is 2. The minimum Gasteiger partial charge on any atom is -0.395 e. The molecule has 5 heteroatoms. The maximum Gasteiger partial charge on any atom is 0.106 e. The number of nitrogen functional groups attached to an aromatic ring is 1. The molecule has 0 fully saturated rings. The number of hydrazine groups is 1. The summed E-state index contributed by atoms with van der Waals surface area (Å²) in [6, 6.07) is 3.99. The van der Waals surface area contributed by atoms with E-state index in [2.05, 4.69) is 10.4 Å². The van der Waals surface area contributed by atoms with E-state index in [0.29, 0.717) is 5.69 Å². The van der Waals surface area contributed by atoms with E-state index < -0.39 is 0 Å². The van der Waals surface area contributed by atoms with Crippen LogP contribution in [0.1, 0.15) is 0 Å². The lowest BCUT2D eigenvalue weighted by Gasteiger charge is -2.15. The van der Waals surface area contributed by atoms with Gasteiger partial charge in [0.2, 0.25) is 0 Å². The van der Waals surface area contributed by atoms with Crippen molar-refractivity contribution in [3.63, 3.8) is 0 Å². The van der Waals surface area contributed by atoms with Crippen molar-refractivity contribution in [1.29, 1.82) is 0 Å². The average Bonchev–Trinajstić information content (AvgIpc) is 2.57. The van der Waals surface area contributed by atoms with Crippen LogP contribution in [-0.4, -0.2) is 24.1 Å². The second-order valence-electron chi connectivity index (χ2n) is 3.23. The van der Waals surface area contributed by atoms with Crippen LogP contribution in [0.15, 0.2) is 17.6 Å². The predicted octanol–water partition coefficient (Wildman–Crippen LogP) is 1.77. The molecule has 0 saturated heterocycles. The summed E-state index contributed by atoms with van der Waals surface area (Å²) in [5, 5.41) is 1.85. The van der Waals surface area contributed by atoms with Crippen LogP contribution in [0.5, 0.6) is 0 Å². The Morgan fingerprint density at radius 3 is 2.93 bits per heavy atom. The molecular weight excluding hydrogens is 196 g/mol. The van der Waals surface area contributed by atoms with E-state index in [0.717, 1.165) is 15.9 Å². The number of nitrogens with one attached hydrogen (secondary N) is 1. The third-order valence-electron chi connectivity index (χ3n) is 1.89. The van der Waals surface area contributed by atoms with Crippen molar-refractivity contribution >= 4 is 32.9 Å². The Balaban J connectivity index is 2.51. The minimum atomic E-state index is 0.706. The fourth-order valence-corrected chi connectivity index (χ4v) is 1.98. The van der Waals surface area contributed by atoms with Crippen molar-refractivity contribution in [2.24, 2.45) is 0 Å². The molecule has 1 aromatic carbocycles. The molecule has 0 bridgehead atoms. The summed E-state index contributed by atoms with van der Waals surface area (Å²) in [5.41, 5.74) is 13.4. The van der Waals surface area contributed by atoms with Gasteiger partial charge in [-0.05, 0) is 12.1 Å². The third-order valence-corrected chi connectivity index (χ3v) is 2.68. The summed E-state index contributed by atoms with van der Waals surface area (Å²) in [4.78, 5) is 4.22. The Bertz CT molecular complexity index is 449. The molecule has 2 rings (SSSR count). The highest BCUT2D eigenvalue weighted by molar-refractivity contribution is 7.16. The van der Waals surface area contributed by atoms with Gasteiger partial charge in [0.25, 0.3) is 0 Å². The van der Waals surface area contributed by atoms with Gasteiger partial charge in [0, 0.05) is 14.1 Å². The van der Waals surface area contributed by atoms with Crippen LogP contribution in [0.25, 0.3) is 10.2 Å². The van der Waals surface area contributed by atoms with Gasteiger partial charge in [0.05, 0.1) is 21.6 Å². The van der Waals surface area contributed by atoms with Gasteiger partial charge in [0.1, 0.15) is 5.52 Å². The lowest BCUT2D eigenvalue weighted by molar-refractivity contribution is 0.496. The zero-order valence-corrected chi connectivity index (χ0v) is 8.93. The van der Waals surface area contributed by atoms with Crippen LogP contribution in [-0.2, 0) is 0 Å².